The van der Waals surface area contributed by atoms with E-state index in [0.717, 1.165) is 18.8 Å². The van der Waals surface area contributed by atoms with Crippen molar-refractivity contribution in [3.63, 3.8) is 0 Å². The number of carbonyl (C=O) groups is 3. The molecule has 9 heteroatoms. The molecule has 1 aliphatic heterocycles. The zero-order valence-electron chi connectivity index (χ0n) is 17.3. The predicted octanol–water partition coefficient (Wildman–Crippen LogP) is 1.44. The first-order valence-corrected chi connectivity index (χ1v) is 9.85. The molecule has 0 unspecified atom stereocenters. The van der Waals surface area contributed by atoms with Crippen molar-refractivity contribution in [1.82, 2.24) is 5.32 Å². The minimum atomic E-state index is -0.714. The predicted molar refractivity (Wildman–Crippen MR) is 114 cm³/mol. The summed E-state index contributed by atoms with van der Waals surface area (Å²) < 4.78 is 15.3. The third-order valence-electron chi connectivity index (χ3n) is 4.62. The van der Waals surface area contributed by atoms with Gasteiger partial charge in [0.25, 0.3) is 11.8 Å². The molecule has 31 heavy (non-hydrogen) atoms. The lowest BCUT2D eigenvalue weighted by atomic mass is 10.2. The van der Waals surface area contributed by atoms with E-state index in [-0.39, 0.29) is 6.54 Å². The van der Waals surface area contributed by atoms with Crippen molar-refractivity contribution >= 4 is 29.2 Å². The molecule has 0 aliphatic carbocycles. The van der Waals surface area contributed by atoms with Crippen LogP contribution < -0.4 is 20.3 Å². The average molecular weight is 427 g/mol. The van der Waals surface area contributed by atoms with Crippen LogP contribution in [0.5, 0.6) is 5.75 Å². The first-order chi connectivity index (χ1) is 15.0. The van der Waals surface area contributed by atoms with Gasteiger partial charge in [0.05, 0.1) is 20.3 Å². The first-order valence-electron chi connectivity index (χ1n) is 9.85. The summed E-state index contributed by atoms with van der Waals surface area (Å²) in [6.45, 7) is 2.26. The first kappa shape index (κ1) is 22.1. The van der Waals surface area contributed by atoms with Crippen molar-refractivity contribution in [3.05, 3.63) is 54.1 Å². The number of methoxy groups -OCH3 is 1. The minimum Gasteiger partial charge on any atom is -0.497 e. The van der Waals surface area contributed by atoms with E-state index in [1.165, 1.54) is 7.11 Å². The molecule has 1 fully saturated rings. The summed E-state index contributed by atoms with van der Waals surface area (Å²) in [7, 11) is 1.50. The lowest BCUT2D eigenvalue weighted by Crippen LogP contribution is -2.36. The monoisotopic (exact) mass is 427 g/mol. The van der Waals surface area contributed by atoms with Crippen molar-refractivity contribution in [1.29, 1.82) is 0 Å². The van der Waals surface area contributed by atoms with Crippen LogP contribution >= 0.6 is 0 Å². The van der Waals surface area contributed by atoms with Crippen LogP contribution in [0.4, 0.5) is 11.4 Å². The van der Waals surface area contributed by atoms with Gasteiger partial charge < -0.3 is 29.7 Å². The number of nitrogens with one attached hydrogen (secondary N) is 2. The van der Waals surface area contributed by atoms with E-state index in [4.69, 9.17) is 14.2 Å². The summed E-state index contributed by atoms with van der Waals surface area (Å²) in [4.78, 5) is 38.1. The van der Waals surface area contributed by atoms with Crippen LogP contribution in [0, 0.1) is 0 Å². The van der Waals surface area contributed by atoms with Crippen LogP contribution in [0.3, 0.4) is 0 Å². The number of hydrogen-bond acceptors (Lipinski definition) is 7. The molecule has 1 saturated heterocycles. The normalized spacial score (nSPS) is 13.3. The lowest BCUT2D eigenvalue weighted by molar-refractivity contribution is -0.146. The Morgan fingerprint density at radius 2 is 1.81 bits per heavy atom. The van der Waals surface area contributed by atoms with Crippen molar-refractivity contribution in [3.8, 4) is 5.75 Å². The number of esters is 1. The maximum Gasteiger partial charge on any atom is 0.325 e. The van der Waals surface area contributed by atoms with Crippen LogP contribution in [-0.4, -0.2) is 64.3 Å². The van der Waals surface area contributed by atoms with E-state index >= 15 is 0 Å². The van der Waals surface area contributed by atoms with Gasteiger partial charge in [-0.2, -0.15) is 0 Å². The van der Waals surface area contributed by atoms with E-state index in [0.29, 0.717) is 30.2 Å². The van der Waals surface area contributed by atoms with Crippen molar-refractivity contribution in [2.24, 2.45) is 0 Å². The van der Waals surface area contributed by atoms with E-state index in [2.05, 4.69) is 15.5 Å². The molecule has 2 N–H and O–H groups in total. The fourth-order valence-electron chi connectivity index (χ4n) is 2.99. The molecule has 9 nitrogen and oxygen atoms in total. The van der Waals surface area contributed by atoms with Crippen molar-refractivity contribution in [2.45, 2.75) is 0 Å². The molecule has 164 valence electrons. The fraction of sp³-hybridized carbons (Fsp3) is 0.318. The van der Waals surface area contributed by atoms with Gasteiger partial charge in [0.2, 0.25) is 0 Å². The summed E-state index contributed by atoms with van der Waals surface area (Å²) >= 11 is 0. The third-order valence-corrected chi connectivity index (χ3v) is 4.62. The number of nitrogens with zero attached hydrogens (tertiary/aromatic N) is 1. The molecule has 2 amide bonds. The fourth-order valence-corrected chi connectivity index (χ4v) is 2.99. The number of ether oxygens (including phenoxy) is 3. The maximum absolute atomic E-state index is 12.1. The number of benzene rings is 2. The average Bonchev–Trinajstić information content (AvgIpc) is 2.82. The van der Waals surface area contributed by atoms with Gasteiger partial charge in [-0.25, -0.2) is 0 Å². The van der Waals surface area contributed by atoms with Gasteiger partial charge in [-0.1, -0.05) is 6.07 Å². The van der Waals surface area contributed by atoms with Crippen LogP contribution in [0.2, 0.25) is 0 Å². The Balaban J connectivity index is 1.38. The maximum atomic E-state index is 12.1. The molecular formula is C22H25N3O6. The number of morpholine rings is 1. The van der Waals surface area contributed by atoms with E-state index in [9.17, 15) is 14.4 Å². The molecule has 0 spiro atoms. The lowest BCUT2D eigenvalue weighted by Gasteiger charge is -2.28. The highest BCUT2D eigenvalue weighted by molar-refractivity contribution is 5.97. The van der Waals surface area contributed by atoms with E-state index < -0.39 is 24.4 Å². The molecule has 3 rings (SSSR count). The number of hydrogen-bond donors (Lipinski definition) is 2. The van der Waals surface area contributed by atoms with Crippen LogP contribution in [0.1, 0.15) is 10.4 Å². The summed E-state index contributed by atoms with van der Waals surface area (Å²) in [6.07, 6.45) is 0. The zero-order chi connectivity index (χ0) is 22.1. The molecule has 0 radical (unpaired) electrons. The van der Waals surface area contributed by atoms with Crippen LogP contribution in [0.15, 0.2) is 48.5 Å². The number of rotatable bonds is 8. The number of anilines is 2. The van der Waals surface area contributed by atoms with Gasteiger partial charge in [-0.15, -0.1) is 0 Å². The zero-order valence-corrected chi connectivity index (χ0v) is 17.3. The highest BCUT2D eigenvalue weighted by atomic mass is 16.5. The van der Waals surface area contributed by atoms with E-state index in [1.807, 2.05) is 12.1 Å². The second-order valence-corrected chi connectivity index (χ2v) is 6.77. The third kappa shape index (κ3) is 6.71. The number of amides is 2. The highest BCUT2D eigenvalue weighted by Gasteiger charge is 2.13. The molecule has 2 aromatic rings. The van der Waals surface area contributed by atoms with Gasteiger partial charge in [0.1, 0.15) is 12.3 Å². The Morgan fingerprint density at radius 1 is 1.06 bits per heavy atom. The molecular weight excluding hydrogens is 402 g/mol. The molecule has 0 aromatic heterocycles. The largest absolute Gasteiger partial charge is 0.497 e. The quantitative estimate of drug-likeness (QED) is 0.614. The Labute approximate surface area is 180 Å². The smallest absolute Gasteiger partial charge is 0.325 e. The molecule has 0 atom stereocenters. The van der Waals surface area contributed by atoms with E-state index in [1.54, 1.807) is 36.4 Å². The second-order valence-electron chi connectivity index (χ2n) is 6.77. The standard InChI is InChI=1S/C22H25N3O6/c1-29-19-4-2-3-16(13-19)22(28)23-14-21(27)31-15-20(26)24-17-5-7-18(8-6-17)25-9-11-30-12-10-25/h2-8,13H,9-12,14-15H2,1H3,(H,23,28)(H,24,26). The highest BCUT2D eigenvalue weighted by Crippen LogP contribution is 2.19. The molecule has 0 saturated carbocycles. The summed E-state index contributed by atoms with van der Waals surface area (Å²) in [5.74, 6) is -1.09. The molecule has 0 bridgehead atoms. The van der Waals surface area contributed by atoms with Crippen LogP contribution in [0.25, 0.3) is 0 Å². The van der Waals surface area contributed by atoms with Crippen molar-refractivity contribution < 1.29 is 28.6 Å². The summed E-state index contributed by atoms with van der Waals surface area (Å²) in [5, 5.41) is 5.12. The molecule has 1 heterocycles. The van der Waals surface area contributed by atoms with Gasteiger partial charge in [0, 0.05) is 30.0 Å². The topological polar surface area (TPSA) is 106 Å². The Kier molecular flexibility index (Phi) is 7.83. The van der Waals surface area contributed by atoms with Gasteiger partial charge in [-0.3, -0.25) is 14.4 Å². The minimum absolute atomic E-state index is 0.350. The Morgan fingerprint density at radius 3 is 2.52 bits per heavy atom. The number of carbonyl (C=O) groups excluding carboxylic acids is 3. The van der Waals surface area contributed by atoms with Crippen LogP contribution in [-0.2, 0) is 19.1 Å². The summed E-state index contributed by atoms with van der Waals surface area (Å²) in [6, 6.07) is 13.9. The van der Waals surface area contributed by atoms with Crippen molar-refractivity contribution in [2.75, 3.05) is 56.8 Å². The van der Waals surface area contributed by atoms with Gasteiger partial charge in [-0.05, 0) is 42.5 Å². The second kappa shape index (κ2) is 11.0. The molecule has 2 aromatic carbocycles. The summed E-state index contributed by atoms with van der Waals surface area (Å²) in [5.41, 5.74) is 2.01. The Bertz CT molecular complexity index is 910. The van der Waals surface area contributed by atoms with Gasteiger partial charge in [0.15, 0.2) is 6.61 Å². The Hall–Kier alpha value is -3.59. The molecule has 1 aliphatic rings. The van der Waals surface area contributed by atoms with Gasteiger partial charge >= 0.3 is 5.97 Å². The SMILES string of the molecule is COc1cccc(C(=O)NCC(=O)OCC(=O)Nc2ccc(N3CCOCC3)cc2)c1.